The molecule has 0 spiro atoms. The Morgan fingerprint density at radius 1 is 1.55 bits per heavy atom. The third kappa shape index (κ3) is 2.17. The third-order valence-electron chi connectivity index (χ3n) is 2.70. The van der Waals surface area contributed by atoms with Crippen molar-refractivity contribution < 1.29 is 0 Å². The highest BCUT2D eigenvalue weighted by molar-refractivity contribution is 4.91. The molecule has 1 rings (SSSR count). The minimum absolute atomic E-state index is 0.384. The minimum Gasteiger partial charge on any atom is -0.313 e. The Bertz CT molecular complexity index is 125. The number of nitrogens with zero attached hydrogens (tertiary/aromatic N) is 1. The van der Waals surface area contributed by atoms with E-state index in [0.29, 0.717) is 5.54 Å². The Morgan fingerprint density at radius 3 is 2.73 bits per heavy atom. The van der Waals surface area contributed by atoms with Crippen LogP contribution in [0, 0.1) is 0 Å². The second-order valence-corrected chi connectivity index (χ2v) is 3.84. The van der Waals surface area contributed by atoms with Gasteiger partial charge in [-0.25, -0.2) is 0 Å². The topological polar surface area (TPSA) is 15.3 Å². The van der Waals surface area contributed by atoms with Gasteiger partial charge in [-0.2, -0.15) is 0 Å². The first-order chi connectivity index (χ1) is 5.20. The summed E-state index contributed by atoms with van der Waals surface area (Å²) in [6.45, 7) is 8.30. The summed E-state index contributed by atoms with van der Waals surface area (Å²) in [5.41, 5.74) is 0.384. The lowest BCUT2D eigenvalue weighted by atomic mass is 10.0. The standard InChI is InChI=1S/C9H20N2/c1-4-6-11-7-5-9(2,8-11)10-3/h10H,4-8H2,1-3H3. The molecule has 0 amide bonds. The van der Waals surface area contributed by atoms with Crippen LogP contribution in [-0.2, 0) is 0 Å². The van der Waals surface area contributed by atoms with Gasteiger partial charge in [0.2, 0.25) is 0 Å². The zero-order valence-corrected chi connectivity index (χ0v) is 7.98. The molecule has 0 aromatic carbocycles. The van der Waals surface area contributed by atoms with Gasteiger partial charge in [0.25, 0.3) is 0 Å². The summed E-state index contributed by atoms with van der Waals surface area (Å²) in [5, 5.41) is 3.39. The van der Waals surface area contributed by atoms with Crippen LogP contribution in [0.4, 0.5) is 0 Å². The van der Waals surface area contributed by atoms with Gasteiger partial charge in [0, 0.05) is 12.1 Å². The van der Waals surface area contributed by atoms with E-state index in [2.05, 4.69) is 31.1 Å². The van der Waals surface area contributed by atoms with Crippen molar-refractivity contribution in [3.05, 3.63) is 0 Å². The molecule has 0 aromatic rings. The summed E-state index contributed by atoms with van der Waals surface area (Å²) in [6.07, 6.45) is 2.57. The molecule has 1 atom stereocenters. The van der Waals surface area contributed by atoms with Crippen LogP contribution < -0.4 is 5.32 Å². The maximum atomic E-state index is 3.39. The average Bonchev–Trinajstić information content (AvgIpc) is 2.35. The SMILES string of the molecule is CCCN1CCC(C)(NC)C1. The van der Waals surface area contributed by atoms with Crippen molar-refractivity contribution in [2.24, 2.45) is 0 Å². The van der Waals surface area contributed by atoms with Gasteiger partial charge in [-0.15, -0.1) is 0 Å². The van der Waals surface area contributed by atoms with Crippen molar-refractivity contribution in [3.63, 3.8) is 0 Å². The predicted octanol–water partition coefficient (Wildman–Crippen LogP) is 1.08. The number of likely N-dealkylation sites (tertiary alicyclic amines) is 1. The van der Waals surface area contributed by atoms with Gasteiger partial charge in [-0.1, -0.05) is 6.92 Å². The summed E-state index contributed by atoms with van der Waals surface area (Å²) in [6, 6.07) is 0. The van der Waals surface area contributed by atoms with Crippen molar-refractivity contribution in [1.29, 1.82) is 0 Å². The number of likely N-dealkylation sites (N-methyl/N-ethyl adjacent to an activating group) is 1. The molecular weight excluding hydrogens is 136 g/mol. The molecular formula is C9H20N2. The Balaban J connectivity index is 2.33. The second kappa shape index (κ2) is 3.55. The smallest absolute Gasteiger partial charge is 0.0289 e. The van der Waals surface area contributed by atoms with Crippen LogP contribution in [0.25, 0.3) is 0 Å². The highest BCUT2D eigenvalue weighted by atomic mass is 15.2. The molecule has 1 N–H and O–H groups in total. The molecule has 0 aromatic heterocycles. The molecule has 1 fully saturated rings. The summed E-state index contributed by atoms with van der Waals surface area (Å²) in [5.74, 6) is 0. The van der Waals surface area contributed by atoms with Crippen molar-refractivity contribution in [1.82, 2.24) is 10.2 Å². The minimum atomic E-state index is 0.384. The van der Waals surface area contributed by atoms with Gasteiger partial charge >= 0.3 is 0 Å². The molecule has 0 aliphatic carbocycles. The number of rotatable bonds is 3. The zero-order chi connectivity index (χ0) is 8.32. The number of nitrogens with one attached hydrogen (secondary N) is 1. The van der Waals surface area contributed by atoms with Crippen LogP contribution in [0.15, 0.2) is 0 Å². The zero-order valence-electron chi connectivity index (χ0n) is 7.98. The number of hydrogen-bond acceptors (Lipinski definition) is 2. The van der Waals surface area contributed by atoms with Crippen LogP contribution in [-0.4, -0.2) is 37.1 Å². The fourth-order valence-electron chi connectivity index (χ4n) is 1.77. The Labute approximate surface area is 70.0 Å². The highest BCUT2D eigenvalue weighted by Gasteiger charge is 2.31. The third-order valence-corrected chi connectivity index (χ3v) is 2.70. The predicted molar refractivity (Wildman–Crippen MR) is 48.8 cm³/mol. The van der Waals surface area contributed by atoms with Crippen molar-refractivity contribution in [2.45, 2.75) is 32.2 Å². The van der Waals surface area contributed by atoms with E-state index in [1.807, 2.05) is 0 Å². The molecule has 1 unspecified atom stereocenters. The first-order valence-electron chi connectivity index (χ1n) is 4.61. The van der Waals surface area contributed by atoms with E-state index in [-0.39, 0.29) is 0 Å². The Hall–Kier alpha value is -0.0800. The lowest BCUT2D eigenvalue weighted by Gasteiger charge is -2.23. The largest absolute Gasteiger partial charge is 0.313 e. The van der Waals surface area contributed by atoms with E-state index in [1.165, 1.54) is 32.5 Å². The van der Waals surface area contributed by atoms with E-state index < -0.39 is 0 Å². The van der Waals surface area contributed by atoms with E-state index in [9.17, 15) is 0 Å². The first-order valence-corrected chi connectivity index (χ1v) is 4.61. The second-order valence-electron chi connectivity index (χ2n) is 3.84. The van der Waals surface area contributed by atoms with Gasteiger partial charge < -0.3 is 10.2 Å². The molecule has 0 bridgehead atoms. The van der Waals surface area contributed by atoms with Gasteiger partial charge in [-0.05, 0) is 39.9 Å². The van der Waals surface area contributed by atoms with Crippen LogP contribution in [0.3, 0.4) is 0 Å². The van der Waals surface area contributed by atoms with Gasteiger partial charge in [0.15, 0.2) is 0 Å². The van der Waals surface area contributed by atoms with E-state index in [1.54, 1.807) is 0 Å². The van der Waals surface area contributed by atoms with Gasteiger partial charge in [0.05, 0.1) is 0 Å². The van der Waals surface area contributed by atoms with Gasteiger partial charge in [0.1, 0.15) is 0 Å². The molecule has 66 valence electrons. The Morgan fingerprint density at radius 2 is 2.27 bits per heavy atom. The van der Waals surface area contributed by atoms with Crippen LogP contribution in [0.2, 0.25) is 0 Å². The van der Waals surface area contributed by atoms with Crippen molar-refractivity contribution in [3.8, 4) is 0 Å². The van der Waals surface area contributed by atoms with Gasteiger partial charge in [-0.3, -0.25) is 0 Å². The first kappa shape index (κ1) is 9.01. The van der Waals surface area contributed by atoms with E-state index >= 15 is 0 Å². The van der Waals surface area contributed by atoms with Crippen molar-refractivity contribution in [2.75, 3.05) is 26.7 Å². The lowest BCUT2D eigenvalue weighted by Crippen LogP contribution is -2.42. The fraction of sp³-hybridized carbons (Fsp3) is 1.00. The highest BCUT2D eigenvalue weighted by Crippen LogP contribution is 2.19. The van der Waals surface area contributed by atoms with E-state index in [0.717, 1.165) is 0 Å². The molecule has 0 radical (unpaired) electrons. The van der Waals surface area contributed by atoms with Crippen LogP contribution in [0.5, 0.6) is 0 Å². The lowest BCUT2D eigenvalue weighted by molar-refractivity contribution is 0.301. The molecule has 1 saturated heterocycles. The molecule has 11 heavy (non-hydrogen) atoms. The van der Waals surface area contributed by atoms with Crippen LogP contribution >= 0.6 is 0 Å². The maximum absolute atomic E-state index is 3.39. The maximum Gasteiger partial charge on any atom is 0.0289 e. The summed E-state index contributed by atoms with van der Waals surface area (Å²) in [4.78, 5) is 2.54. The normalized spacial score (nSPS) is 33.0. The molecule has 1 aliphatic rings. The molecule has 1 heterocycles. The molecule has 2 nitrogen and oxygen atoms in total. The summed E-state index contributed by atoms with van der Waals surface area (Å²) < 4.78 is 0. The quantitative estimate of drug-likeness (QED) is 0.658. The van der Waals surface area contributed by atoms with Crippen LogP contribution in [0.1, 0.15) is 26.7 Å². The molecule has 0 saturated carbocycles. The summed E-state index contributed by atoms with van der Waals surface area (Å²) >= 11 is 0. The summed E-state index contributed by atoms with van der Waals surface area (Å²) in [7, 11) is 2.06. The van der Waals surface area contributed by atoms with E-state index in [4.69, 9.17) is 0 Å². The Kier molecular flexibility index (Phi) is 2.90. The molecule has 1 aliphatic heterocycles. The molecule has 2 heteroatoms. The monoisotopic (exact) mass is 156 g/mol. The average molecular weight is 156 g/mol. The fourth-order valence-corrected chi connectivity index (χ4v) is 1.77. The number of hydrogen-bond donors (Lipinski definition) is 1. The van der Waals surface area contributed by atoms with Crippen molar-refractivity contribution >= 4 is 0 Å².